The number of fused-ring (bicyclic) bond motifs is 1. The number of carboxylic acids is 1. The SMILES string of the molecule is Cc1cccc(C)c1CNc1cc(NC(=O)NCCC(=O)O)cn2c(C)c(C)nc12. The van der Waals surface area contributed by atoms with Crippen molar-refractivity contribution in [2.24, 2.45) is 0 Å². The number of carboxylic acid groups (broad SMARTS) is 1. The molecule has 2 amide bonds. The molecule has 0 fully saturated rings. The van der Waals surface area contributed by atoms with Crippen molar-refractivity contribution in [2.45, 2.75) is 40.7 Å². The first-order valence-electron chi connectivity index (χ1n) is 9.81. The number of urea groups is 1. The quantitative estimate of drug-likeness (QED) is 0.475. The molecule has 0 spiro atoms. The van der Waals surface area contributed by atoms with Crippen LogP contribution >= 0.6 is 0 Å². The highest BCUT2D eigenvalue weighted by atomic mass is 16.4. The van der Waals surface area contributed by atoms with Gasteiger partial charge in [0, 0.05) is 25.0 Å². The molecule has 8 heteroatoms. The van der Waals surface area contributed by atoms with Gasteiger partial charge < -0.3 is 25.5 Å². The van der Waals surface area contributed by atoms with Crippen LogP contribution in [0.25, 0.3) is 5.65 Å². The molecule has 0 aliphatic carbocycles. The summed E-state index contributed by atoms with van der Waals surface area (Å²) in [5.41, 5.74) is 7.70. The summed E-state index contributed by atoms with van der Waals surface area (Å²) in [5.74, 6) is -0.959. The lowest BCUT2D eigenvalue weighted by Gasteiger charge is -2.15. The van der Waals surface area contributed by atoms with Gasteiger partial charge in [-0.15, -0.1) is 0 Å². The Hall–Kier alpha value is -3.55. The number of aliphatic carboxylic acids is 1. The lowest BCUT2D eigenvalue weighted by atomic mass is 10.0. The third kappa shape index (κ3) is 4.71. The fraction of sp³-hybridized carbons (Fsp3) is 0.318. The van der Waals surface area contributed by atoms with Crippen molar-refractivity contribution < 1.29 is 14.7 Å². The second-order valence-electron chi connectivity index (χ2n) is 7.37. The van der Waals surface area contributed by atoms with Crippen LogP contribution in [0.4, 0.5) is 16.2 Å². The van der Waals surface area contributed by atoms with Crippen molar-refractivity contribution in [2.75, 3.05) is 17.2 Å². The molecule has 0 aliphatic rings. The van der Waals surface area contributed by atoms with E-state index in [4.69, 9.17) is 5.11 Å². The molecule has 158 valence electrons. The summed E-state index contributed by atoms with van der Waals surface area (Å²) in [7, 11) is 0. The Kier molecular flexibility index (Phi) is 6.25. The summed E-state index contributed by atoms with van der Waals surface area (Å²) in [6.45, 7) is 8.79. The first-order chi connectivity index (χ1) is 14.3. The Morgan fingerprint density at radius 1 is 1.13 bits per heavy atom. The van der Waals surface area contributed by atoms with Gasteiger partial charge in [-0.2, -0.15) is 0 Å². The zero-order chi connectivity index (χ0) is 21.8. The molecule has 2 aromatic heterocycles. The fourth-order valence-corrected chi connectivity index (χ4v) is 3.34. The molecule has 0 aliphatic heterocycles. The zero-order valence-corrected chi connectivity index (χ0v) is 17.7. The van der Waals surface area contributed by atoms with Gasteiger partial charge in [0.05, 0.1) is 23.5 Å². The molecule has 0 atom stereocenters. The van der Waals surface area contributed by atoms with Crippen molar-refractivity contribution in [1.82, 2.24) is 14.7 Å². The molecule has 8 nitrogen and oxygen atoms in total. The number of amides is 2. The number of pyridine rings is 1. The van der Waals surface area contributed by atoms with Crippen LogP contribution in [0.15, 0.2) is 30.5 Å². The number of rotatable bonds is 7. The first kappa shape index (κ1) is 21.2. The molecule has 0 unspecified atom stereocenters. The second-order valence-corrected chi connectivity index (χ2v) is 7.37. The Bertz CT molecular complexity index is 1080. The molecule has 0 saturated carbocycles. The minimum Gasteiger partial charge on any atom is -0.481 e. The molecular formula is C22H27N5O3. The van der Waals surface area contributed by atoms with E-state index in [0.717, 1.165) is 22.7 Å². The van der Waals surface area contributed by atoms with Crippen LogP contribution in [0, 0.1) is 27.7 Å². The highest BCUT2D eigenvalue weighted by Gasteiger charge is 2.13. The van der Waals surface area contributed by atoms with E-state index >= 15 is 0 Å². The number of benzene rings is 1. The molecule has 4 N–H and O–H groups in total. The van der Waals surface area contributed by atoms with Gasteiger partial charge in [-0.3, -0.25) is 4.79 Å². The predicted molar refractivity (Wildman–Crippen MR) is 117 cm³/mol. The van der Waals surface area contributed by atoms with E-state index in [1.807, 2.05) is 36.6 Å². The molecular weight excluding hydrogens is 382 g/mol. The Balaban J connectivity index is 1.86. The summed E-state index contributed by atoms with van der Waals surface area (Å²) in [4.78, 5) is 27.4. The lowest BCUT2D eigenvalue weighted by molar-refractivity contribution is -0.136. The molecule has 0 radical (unpaired) electrons. The van der Waals surface area contributed by atoms with E-state index < -0.39 is 12.0 Å². The van der Waals surface area contributed by atoms with Gasteiger partial charge in [0.25, 0.3) is 0 Å². The van der Waals surface area contributed by atoms with Crippen molar-refractivity contribution in [3.05, 3.63) is 58.5 Å². The Labute approximate surface area is 175 Å². The third-order valence-electron chi connectivity index (χ3n) is 5.18. The number of aryl methyl sites for hydroxylation is 4. The van der Waals surface area contributed by atoms with Crippen LogP contribution in [-0.4, -0.2) is 33.0 Å². The van der Waals surface area contributed by atoms with E-state index in [1.54, 1.807) is 0 Å². The average molecular weight is 409 g/mol. The summed E-state index contributed by atoms with van der Waals surface area (Å²) in [6.07, 6.45) is 1.68. The van der Waals surface area contributed by atoms with Gasteiger partial charge in [-0.1, -0.05) is 18.2 Å². The number of aromatic nitrogens is 2. The summed E-state index contributed by atoms with van der Waals surface area (Å²) in [6, 6.07) is 7.60. The highest BCUT2D eigenvalue weighted by molar-refractivity contribution is 5.90. The number of hydrogen-bond donors (Lipinski definition) is 4. The number of anilines is 2. The number of hydrogen-bond acceptors (Lipinski definition) is 4. The van der Waals surface area contributed by atoms with E-state index in [1.165, 1.54) is 16.7 Å². The van der Waals surface area contributed by atoms with E-state index in [2.05, 4.69) is 46.9 Å². The van der Waals surface area contributed by atoms with Gasteiger partial charge in [-0.05, 0) is 50.5 Å². The average Bonchev–Trinajstić information content (AvgIpc) is 2.95. The van der Waals surface area contributed by atoms with Crippen molar-refractivity contribution in [1.29, 1.82) is 0 Å². The molecule has 3 aromatic rings. The lowest BCUT2D eigenvalue weighted by Crippen LogP contribution is -2.30. The van der Waals surface area contributed by atoms with Gasteiger partial charge in [-0.25, -0.2) is 9.78 Å². The Morgan fingerprint density at radius 3 is 2.50 bits per heavy atom. The molecule has 0 saturated heterocycles. The van der Waals surface area contributed by atoms with Crippen molar-refractivity contribution in [3.8, 4) is 0 Å². The fourth-order valence-electron chi connectivity index (χ4n) is 3.34. The topological polar surface area (TPSA) is 108 Å². The van der Waals surface area contributed by atoms with Crippen LogP contribution in [-0.2, 0) is 11.3 Å². The first-order valence-corrected chi connectivity index (χ1v) is 9.81. The summed E-state index contributed by atoms with van der Waals surface area (Å²) >= 11 is 0. The number of carbonyl (C=O) groups is 2. The smallest absolute Gasteiger partial charge is 0.319 e. The molecule has 2 heterocycles. The van der Waals surface area contributed by atoms with Crippen molar-refractivity contribution in [3.63, 3.8) is 0 Å². The van der Waals surface area contributed by atoms with Gasteiger partial charge in [0.1, 0.15) is 0 Å². The van der Waals surface area contributed by atoms with Gasteiger partial charge in [0.15, 0.2) is 5.65 Å². The van der Waals surface area contributed by atoms with E-state index in [9.17, 15) is 9.59 Å². The summed E-state index contributed by atoms with van der Waals surface area (Å²) < 4.78 is 1.94. The highest BCUT2D eigenvalue weighted by Crippen LogP contribution is 2.25. The molecule has 30 heavy (non-hydrogen) atoms. The minimum atomic E-state index is -0.959. The van der Waals surface area contributed by atoms with Crippen LogP contribution in [0.5, 0.6) is 0 Å². The van der Waals surface area contributed by atoms with Crippen LogP contribution in [0.1, 0.15) is 34.5 Å². The number of nitrogens with one attached hydrogen (secondary N) is 3. The molecule has 0 bridgehead atoms. The Morgan fingerprint density at radius 2 is 1.83 bits per heavy atom. The predicted octanol–water partition coefficient (Wildman–Crippen LogP) is 3.78. The zero-order valence-electron chi connectivity index (χ0n) is 17.7. The van der Waals surface area contributed by atoms with Gasteiger partial charge >= 0.3 is 12.0 Å². The largest absolute Gasteiger partial charge is 0.481 e. The van der Waals surface area contributed by atoms with Crippen LogP contribution in [0.3, 0.4) is 0 Å². The normalized spacial score (nSPS) is 10.8. The van der Waals surface area contributed by atoms with E-state index in [-0.39, 0.29) is 13.0 Å². The maximum Gasteiger partial charge on any atom is 0.319 e. The maximum absolute atomic E-state index is 12.1. The minimum absolute atomic E-state index is 0.0598. The number of nitrogens with zero attached hydrogens (tertiary/aromatic N) is 2. The van der Waals surface area contributed by atoms with Gasteiger partial charge in [0.2, 0.25) is 0 Å². The van der Waals surface area contributed by atoms with Crippen molar-refractivity contribution >= 4 is 29.0 Å². The standard InChI is InChI=1S/C22H27N5O3/c1-13-6-5-7-14(2)18(13)11-24-19-10-17(26-22(30)23-9-8-20(28)29)12-27-16(4)15(3)25-21(19)27/h5-7,10,12,24H,8-9,11H2,1-4H3,(H,28,29)(H2,23,26,30). The molecule has 1 aromatic carbocycles. The number of imidazole rings is 1. The van der Waals surface area contributed by atoms with E-state index in [0.29, 0.717) is 12.2 Å². The number of carbonyl (C=O) groups excluding carboxylic acids is 1. The monoisotopic (exact) mass is 409 g/mol. The van der Waals surface area contributed by atoms with Crippen LogP contribution in [0.2, 0.25) is 0 Å². The second kappa shape index (κ2) is 8.86. The summed E-state index contributed by atoms with van der Waals surface area (Å²) in [5, 5.41) is 17.5. The van der Waals surface area contributed by atoms with Crippen LogP contribution < -0.4 is 16.0 Å². The molecule has 3 rings (SSSR count). The third-order valence-corrected chi connectivity index (χ3v) is 5.18. The maximum atomic E-state index is 12.1.